The zero-order valence-corrected chi connectivity index (χ0v) is 15.4. The number of aryl methyl sites for hydroxylation is 1. The first kappa shape index (κ1) is 17.7. The van der Waals surface area contributed by atoms with Crippen LogP contribution in [0.1, 0.15) is 24.8 Å². The average molecular weight is 363 g/mol. The quantitative estimate of drug-likeness (QED) is 0.729. The lowest BCUT2D eigenvalue weighted by Gasteiger charge is -2.42. The lowest BCUT2D eigenvalue weighted by molar-refractivity contribution is 0.0958. The summed E-state index contributed by atoms with van der Waals surface area (Å²) >= 11 is 0. The number of aliphatic hydroxyl groups is 1. The number of benzene rings is 2. The number of hydrogen-bond acceptors (Lipinski definition) is 5. The van der Waals surface area contributed by atoms with Crippen molar-refractivity contribution in [1.29, 1.82) is 0 Å². The summed E-state index contributed by atoms with van der Waals surface area (Å²) in [6.07, 6.45) is 3.98. The van der Waals surface area contributed by atoms with Gasteiger partial charge in [-0.1, -0.05) is 53.6 Å². The molecule has 4 rings (SSSR count). The SMILES string of the molecule is OCC1(CCc2ccccc2)CCCN(c2nnnn2-c2ccccc2)C1. The molecule has 0 saturated carbocycles. The lowest BCUT2D eigenvalue weighted by Crippen LogP contribution is -2.46. The molecule has 0 bridgehead atoms. The summed E-state index contributed by atoms with van der Waals surface area (Å²) in [4.78, 5) is 2.22. The van der Waals surface area contributed by atoms with Crippen molar-refractivity contribution < 1.29 is 5.11 Å². The van der Waals surface area contributed by atoms with Crippen LogP contribution in [0.4, 0.5) is 5.95 Å². The van der Waals surface area contributed by atoms with Gasteiger partial charge < -0.3 is 10.0 Å². The van der Waals surface area contributed by atoms with Crippen LogP contribution < -0.4 is 4.90 Å². The number of piperidine rings is 1. The Morgan fingerprint density at radius 2 is 1.74 bits per heavy atom. The minimum atomic E-state index is -0.123. The van der Waals surface area contributed by atoms with Crippen molar-refractivity contribution in [1.82, 2.24) is 20.2 Å². The van der Waals surface area contributed by atoms with Crippen molar-refractivity contribution in [2.75, 3.05) is 24.6 Å². The molecule has 0 amide bonds. The third-order valence-corrected chi connectivity index (χ3v) is 5.52. The predicted octanol–water partition coefficient (Wildman–Crippen LogP) is 2.87. The Morgan fingerprint density at radius 3 is 2.48 bits per heavy atom. The number of hydrogen-bond donors (Lipinski definition) is 1. The highest BCUT2D eigenvalue weighted by atomic mass is 16.3. The fourth-order valence-electron chi connectivity index (χ4n) is 3.96. The second-order valence-electron chi connectivity index (χ2n) is 7.40. The Hall–Kier alpha value is -2.73. The Balaban J connectivity index is 1.53. The molecule has 6 heteroatoms. The molecule has 1 saturated heterocycles. The molecule has 2 aromatic carbocycles. The molecule has 2 heterocycles. The highest BCUT2D eigenvalue weighted by molar-refractivity contribution is 5.41. The minimum Gasteiger partial charge on any atom is -0.396 e. The number of para-hydroxylation sites is 1. The van der Waals surface area contributed by atoms with Gasteiger partial charge >= 0.3 is 0 Å². The van der Waals surface area contributed by atoms with E-state index >= 15 is 0 Å². The zero-order valence-electron chi connectivity index (χ0n) is 15.4. The first-order chi connectivity index (χ1) is 13.3. The van der Waals surface area contributed by atoms with Crippen LogP contribution in [0.15, 0.2) is 60.7 Å². The fraction of sp³-hybridized carbons (Fsp3) is 0.381. The summed E-state index contributed by atoms with van der Waals surface area (Å²) in [6.45, 7) is 1.85. The lowest BCUT2D eigenvalue weighted by atomic mass is 9.76. The minimum absolute atomic E-state index is 0.123. The monoisotopic (exact) mass is 363 g/mol. The van der Waals surface area contributed by atoms with E-state index in [2.05, 4.69) is 44.7 Å². The maximum atomic E-state index is 10.2. The van der Waals surface area contributed by atoms with Gasteiger partial charge in [0, 0.05) is 18.5 Å². The van der Waals surface area contributed by atoms with Crippen molar-refractivity contribution in [3.05, 3.63) is 66.2 Å². The highest BCUT2D eigenvalue weighted by Crippen LogP contribution is 2.36. The molecule has 0 aliphatic carbocycles. The largest absolute Gasteiger partial charge is 0.396 e. The molecule has 0 radical (unpaired) electrons. The Labute approximate surface area is 159 Å². The molecule has 1 aliphatic heterocycles. The Kier molecular flexibility index (Phi) is 5.16. The van der Waals surface area contributed by atoms with Crippen LogP contribution in [-0.2, 0) is 6.42 Å². The first-order valence-electron chi connectivity index (χ1n) is 9.53. The van der Waals surface area contributed by atoms with Crippen LogP contribution >= 0.6 is 0 Å². The van der Waals surface area contributed by atoms with E-state index in [9.17, 15) is 5.11 Å². The summed E-state index contributed by atoms with van der Waals surface area (Å²) in [6, 6.07) is 20.4. The van der Waals surface area contributed by atoms with Gasteiger partial charge in [-0.25, -0.2) is 0 Å². The average Bonchev–Trinajstić information content (AvgIpc) is 3.24. The standard InChI is InChI=1S/C21H25N5O/c27-17-21(14-12-18-8-3-1-4-9-18)13-7-15-25(16-21)20-22-23-24-26(20)19-10-5-2-6-11-19/h1-6,8-11,27H,7,12-17H2. The molecule has 1 aliphatic rings. The molecular formula is C21H25N5O. The topological polar surface area (TPSA) is 67.1 Å². The predicted molar refractivity (Wildman–Crippen MR) is 105 cm³/mol. The van der Waals surface area contributed by atoms with Crippen LogP contribution in [0.3, 0.4) is 0 Å². The molecule has 1 atom stereocenters. The molecule has 0 spiro atoms. The van der Waals surface area contributed by atoms with Crippen molar-refractivity contribution in [3.8, 4) is 5.69 Å². The van der Waals surface area contributed by atoms with E-state index in [1.54, 1.807) is 4.68 Å². The third kappa shape index (κ3) is 3.85. The van der Waals surface area contributed by atoms with Crippen LogP contribution in [0.2, 0.25) is 0 Å². The number of anilines is 1. The molecule has 1 unspecified atom stereocenters. The molecule has 27 heavy (non-hydrogen) atoms. The molecule has 1 aromatic heterocycles. The van der Waals surface area contributed by atoms with Gasteiger partial charge in [0.25, 0.3) is 0 Å². The van der Waals surface area contributed by atoms with Crippen LogP contribution in [0.25, 0.3) is 5.69 Å². The van der Waals surface area contributed by atoms with E-state index in [1.807, 2.05) is 36.4 Å². The van der Waals surface area contributed by atoms with E-state index in [4.69, 9.17) is 0 Å². The van der Waals surface area contributed by atoms with Crippen molar-refractivity contribution in [3.63, 3.8) is 0 Å². The summed E-state index contributed by atoms with van der Waals surface area (Å²) in [5.74, 6) is 0.749. The molecule has 1 fully saturated rings. The van der Waals surface area contributed by atoms with Crippen molar-refractivity contribution in [2.45, 2.75) is 25.7 Å². The number of tetrazole rings is 1. The van der Waals surface area contributed by atoms with E-state index < -0.39 is 0 Å². The number of aliphatic hydroxyl groups excluding tert-OH is 1. The van der Waals surface area contributed by atoms with Crippen molar-refractivity contribution >= 4 is 5.95 Å². The molecule has 6 nitrogen and oxygen atoms in total. The van der Waals surface area contributed by atoms with E-state index in [1.165, 1.54) is 5.56 Å². The maximum absolute atomic E-state index is 10.2. The van der Waals surface area contributed by atoms with Gasteiger partial charge in [0.1, 0.15) is 0 Å². The van der Waals surface area contributed by atoms with Gasteiger partial charge in [0.15, 0.2) is 0 Å². The summed E-state index contributed by atoms with van der Waals surface area (Å²) in [5.41, 5.74) is 2.14. The van der Waals surface area contributed by atoms with Gasteiger partial charge in [-0.3, -0.25) is 0 Å². The number of rotatable bonds is 6. The number of aromatic nitrogens is 4. The second-order valence-corrected chi connectivity index (χ2v) is 7.40. The Bertz CT molecular complexity index is 851. The van der Waals surface area contributed by atoms with Gasteiger partial charge in [0.2, 0.25) is 5.95 Å². The molecule has 1 N–H and O–H groups in total. The molecular weight excluding hydrogens is 338 g/mol. The van der Waals surface area contributed by atoms with Gasteiger partial charge in [0.05, 0.1) is 12.3 Å². The maximum Gasteiger partial charge on any atom is 0.250 e. The fourth-order valence-corrected chi connectivity index (χ4v) is 3.96. The summed E-state index contributed by atoms with van der Waals surface area (Å²) in [5, 5.41) is 22.6. The smallest absolute Gasteiger partial charge is 0.250 e. The van der Waals surface area contributed by atoms with E-state index in [0.29, 0.717) is 0 Å². The van der Waals surface area contributed by atoms with E-state index in [-0.39, 0.29) is 12.0 Å². The summed E-state index contributed by atoms with van der Waals surface area (Å²) in [7, 11) is 0. The van der Waals surface area contributed by atoms with Gasteiger partial charge in [-0.15, -0.1) is 0 Å². The first-order valence-corrected chi connectivity index (χ1v) is 9.53. The third-order valence-electron chi connectivity index (χ3n) is 5.52. The Morgan fingerprint density at radius 1 is 1.00 bits per heavy atom. The highest BCUT2D eigenvalue weighted by Gasteiger charge is 2.36. The normalized spacial score (nSPS) is 20.0. The van der Waals surface area contributed by atoms with Crippen LogP contribution in [0.5, 0.6) is 0 Å². The van der Waals surface area contributed by atoms with Gasteiger partial charge in [-0.2, -0.15) is 4.68 Å². The molecule has 140 valence electrons. The van der Waals surface area contributed by atoms with Gasteiger partial charge in [-0.05, 0) is 53.8 Å². The molecule has 3 aromatic rings. The van der Waals surface area contributed by atoms with E-state index in [0.717, 1.165) is 50.4 Å². The van der Waals surface area contributed by atoms with Crippen LogP contribution in [-0.4, -0.2) is 45.0 Å². The van der Waals surface area contributed by atoms with Crippen LogP contribution in [0, 0.1) is 5.41 Å². The number of nitrogens with zero attached hydrogens (tertiary/aromatic N) is 5. The summed E-state index contributed by atoms with van der Waals surface area (Å²) < 4.78 is 1.78. The second kappa shape index (κ2) is 7.88. The van der Waals surface area contributed by atoms with Crippen molar-refractivity contribution in [2.24, 2.45) is 5.41 Å². The zero-order chi connectivity index (χ0) is 18.5.